The number of sulfonamides is 1. The number of nitrogens with one attached hydrogen (secondary N) is 2. The Morgan fingerprint density at radius 3 is 2.67 bits per heavy atom. The standard InChI is InChI=1S/C24H20Cl2FN5O5S2/c25-15-3-4-20(17(9-15)14-5-7-29-16(8-14)12-28-6-1-2-23(33)34)37-21-11-19(27)22(10-18(21)26)39(35,36)32-24-30-13-31-38-24/h3-5,7-11,13,28H,1-2,6,12H2,(H,33,34)(H,30,31,32). The van der Waals surface area contributed by atoms with Crippen molar-refractivity contribution in [1.29, 1.82) is 0 Å². The molecule has 0 fully saturated rings. The SMILES string of the molecule is O=C(O)CCCNCc1cc(-c2cc(Cl)ccc2Oc2cc(F)c(S(=O)(=O)Nc3ncns3)cc2Cl)ccn1. The molecule has 0 atom stereocenters. The van der Waals surface area contributed by atoms with Crippen molar-refractivity contribution >= 4 is 55.9 Å². The topological polar surface area (TPSA) is 143 Å². The summed E-state index contributed by atoms with van der Waals surface area (Å²) >= 11 is 13.3. The van der Waals surface area contributed by atoms with Crippen molar-refractivity contribution in [1.82, 2.24) is 19.7 Å². The van der Waals surface area contributed by atoms with Gasteiger partial charge in [-0.2, -0.15) is 4.37 Å². The summed E-state index contributed by atoms with van der Waals surface area (Å²) in [5.41, 5.74) is 1.94. The third-order valence-corrected chi connectivity index (χ3v) is 7.79. The zero-order valence-corrected chi connectivity index (χ0v) is 23.0. The largest absolute Gasteiger partial charge is 0.481 e. The number of rotatable bonds is 12. The minimum Gasteiger partial charge on any atom is -0.481 e. The molecule has 2 heterocycles. The monoisotopic (exact) mass is 611 g/mol. The smallest absolute Gasteiger partial charge is 0.303 e. The van der Waals surface area contributed by atoms with E-state index in [0.717, 1.165) is 30.0 Å². The van der Waals surface area contributed by atoms with Crippen molar-refractivity contribution in [2.75, 3.05) is 11.3 Å². The van der Waals surface area contributed by atoms with Crippen LogP contribution >= 0.6 is 34.7 Å². The lowest BCUT2D eigenvalue weighted by Crippen LogP contribution is -2.16. The number of carboxylic acid groups (broad SMARTS) is 1. The van der Waals surface area contributed by atoms with Crippen molar-refractivity contribution in [3.8, 4) is 22.6 Å². The van der Waals surface area contributed by atoms with E-state index in [1.54, 1.807) is 36.5 Å². The second-order valence-corrected chi connectivity index (χ2v) is 11.3. The van der Waals surface area contributed by atoms with E-state index < -0.39 is 26.7 Å². The van der Waals surface area contributed by atoms with Gasteiger partial charge in [0.25, 0.3) is 10.0 Å². The fraction of sp³-hybridized carbons (Fsp3) is 0.167. The Balaban J connectivity index is 1.57. The number of aromatic nitrogens is 3. The second-order valence-electron chi connectivity index (χ2n) is 8.02. The Bertz CT molecular complexity index is 1590. The number of hydrogen-bond acceptors (Lipinski definition) is 9. The fourth-order valence-corrected chi connectivity index (χ4v) is 5.63. The van der Waals surface area contributed by atoms with Crippen LogP contribution in [0.5, 0.6) is 11.5 Å². The highest BCUT2D eigenvalue weighted by atomic mass is 35.5. The molecule has 3 N–H and O–H groups in total. The van der Waals surface area contributed by atoms with E-state index >= 15 is 0 Å². The van der Waals surface area contributed by atoms with Gasteiger partial charge in [-0.1, -0.05) is 23.2 Å². The van der Waals surface area contributed by atoms with E-state index in [-0.39, 0.29) is 28.1 Å². The molecule has 15 heteroatoms. The van der Waals surface area contributed by atoms with Gasteiger partial charge in [-0.25, -0.2) is 17.8 Å². The summed E-state index contributed by atoms with van der Waals surface area (Å²) in [6.45, 7) is 0.915. The number of hydrogen-bond donors (Lipinski definition) is 3. The van der Waals surface area contributed by atoms with Crippen molar-refractivity contribution in [2.45, 2.75) is 24.3 Å². The van der Waals surface area contributed by atoms with Crippen molar-refractivity contribution < 1.29 is 27.4 Å². The van der Waals surface area contributed by atoms with Gasteiger partial charge in [0.2, 0.25) is 5.13 Å². The number of benzene rings is 2. The Hall–Kier alpha value is -3.36. The van der Waals surface area contributed by atoms with Crippen LogP contribution in [0.4, 0.5) is 9.52 Å². The van der Waals surface area contributed by atoms with Crippen LogP contribution in [0.2, 0.25) is 10.0 Å². The van der Waals surface area contributed by atoms with Crippen LogP contribution in [-0.2, 0) is 21.4 Å². The number of anilines is 1. The number of carboxylic acids is 1. The van der Waals surface area contributed by atoms with E-state index in [1.807, 2.05) is 0 Å². The van der Waals surface area contributed by atoms with Gasteiger partial charge in [0, 0.05) is 47.3 Å². The summed E-state index contributed by atoms with van der Waals surface area (Å²) in [4.78, 5) is 18.0. The first kappa shape index (κ1) is 28.6. The van der Waals surface area contributed by atoms with Gasteiger partial charge in [0.1, 0.15) is 28.5 Å². The maximum atomic E-state index is 15.0. The molecule has 0 radical (unpaired) electrons. The van der Waals surface area contributed by atoms with Crippen LogP contribution in [0.15, 0.2) is 59.9 Å². The number of aliphatic carboxylic acids is 1. The van der Waals surface area contributed by atoms with Gasteiger partial charge in [-0.05, 0) is 54.9 Å². The molecule has 0 amide bonds. The summed E-state index contributed by atoms with van der Waals surface area (Å²) in [6.07, 6.45) is 3.32. The Morgan fingerprint density at radius 1 is 1.10 bits per heavy atom. The lowest BCUT2D eigenvalue weighted by Gasteiger charge is -2.15. The summed E-state index contributed by atoms with van der Waals surface area (Å²) in [5.74, 6) is -1.76. The molecule has 10 nitrogen and oxygen atoms in total. The molecule has 0 saturated heterocycles. The first-order valence-corrected chi connectivity index (χ1v) is 14.3. The molecule has 0 saturated carbocycles. The van der Waals surface area contributed by atoms with Crippen molar-refractivity contribution in [2.24, 2.45) is 0 Å². The van der Waals surface area contributed by atoms with E-state index in [1.165, 1.54) is 0 Å². The third kappa shape index (κ3) is 7.61. The van der Waals surface area contributed by atoms with Gasteiger partial charge >= 0.3 is 5.97 Å². The third-order valence-electron chi connectivity index (χ3n) is 5.20. The normalized spacial score (nSPS) is 11.4. The highest BCUT2D eigenvalue weighted by Crippen LogP contribution is 2.39. The van der Waals surface area contributed by atoms with Gasteiger partial charge in [-0.3, -0.25) is 14.5 Å². The van der Waals surface area contributed by atoms with Crippen LogP contribution in [0.1, 0.15) is 18.5 Å². The number of ether oxygens (including phenoxy) is 1. The molecule has 4 rings (SSSR count). The van der Waals surface area contributed by atoms with Gasteiger partial charge in [0.15, 0.2) is 0 Å². The molecular weight excluding hydrogens is 592 g/mol. The zero-order valence-electron chi connectivity index (χ0n) is 19.9. The molecule has 0 bridgehead atoms. The molecule has 2 aromatic heterocycles. The first-order chi connectivity index (χ1) is 18.6. The predicted molar refractivity (Wildman–Crippen MR) is 145 cm³/mol. The van der Waals surface area contributed by atoms with Crippen LogP contribution < -0.4 is 14.8 Å². The molecule has 4 aromatic rings. The number of nitrogens with zero attached hydrogens (tertiary/aromatic N) is 3. The summed E-state index contributed by atoms with van der Waals surface area (Å²) in [6, 6.07) is 10.2. The number of halogens is 3. The average Bonchev–Trinajstić information content (AvgIpc) is 3.39. The molecule has 39 heavy (non-hydrogen) atoms. The molecular formula is C24H20Cl2FN5O5S2. The second kappa shape index (κ2) is 12.7. The molecule has 0 unspecified atom stereocenters. The maximum absolute atomic E-state index is 15.0. The summed E-state index contributed by atoms with van der Waals surface area (Å²) in [7, 11) is -4.32. The van der Waals surface area contributed by atoms with Crippen LogP contribution in [0, 0.1) is 5.82 Å². The first-order valence-electron chi connectivity index (χ1n) is 11.3. The molecule has 0 aliphatic carbocycles. The molecule has 0 aliphatic heterocycles. The Morgan fingerprint density at radius 2 is 1.92 bits per heavy atom. The zero-order chi connectivity index (χ0) is 28.0. The molecule has 0 aliphatic rings. The van der Waals surface area contributed by atoms with E-state index in [4.69, 9.17) is 33.0 Å². The lowest BCUT2D eigenvalue weighted by atomic mass is 10.0. The van der Waals surface area contributed by atoms with Crippen LogP contribution in [0.3, 0.4) is 0 Å². The van der Waals surface area contributed by atoms with Crippen LogP contribution in [0.25, 0.3) is 11.1 Å². The van der Waals surface area contributed by atoms with Gasteiger partial charge in [-0.15, -0.1) is 0 Å². The fourth-order valence-electron chi connectivity index (χ4n) is 3.44. The molecule has 0 spiro atoms. The summed E-state index contributed by atoms with van der Waals surface area (Å²) in [5, 5.41) is 12.1. The highest BCUT2D eigenvalue weighted by molar-refractivity contribution is 7.93. The lowest BCUT2D eigenvalue weighted by molar-refractivity contribution is -0.137. The Labute approximate surface area is 237 Å². The number of pyridine rings is 1. The van der Waals surface area contributed by atoms with E-state index in [0.29, 0.717) is 41.4 Å². The van der Waals surface area contributed by atoms with E-state index in [9.17, 15) is 17.6 Å². The maximum Gasteiger partial charge on any atom is 0.303 e. The summed E-state index contributed by atoms with van der Waals surface area (Å²) < 4.78 is 52.0. The number of carbonyl (C=O) groups is 1. The van der Waals surface area contributed by atoms with Crippen LogP contribution in [-0.4, -0.2) is 40.4 Å². The minimum absolute atomic E-state index is 0.0242. The quantitative estimate of drug-likeness (QED) is 0.174. The molecule has 2 aromatic carbocycles. The van der Waals surface area contributed by atoms with Gasteiger partial charge in [0.05, 0.1) is 10.7 Å². The van der Waals surface area contributed by atoms with Gasteiger partial charge < -0.3 is 15.2 Å². The minimum atomic E-state index is -4.32. The van der Waals surface area contributed by atoms with Crippen molar-refractivity contribution in [3.63, 3.8) is 0 Å². The molecule has 204 valence electrons. The Kier molecular flexibility index (Phi) is 9.30. The highest BCUT2D eigenvalue weighted by Gasteiger charge is 2.24. The van der Waals surface area contributed by atoms with E-state index in [2.05, 4.69) is 24.4 Å². The average molecular weight is 612 g/mol. The predicted octanol–water partition coefficient (Wildman–Crippen LogP) is 5.59. The van der Waals surface area contributed by atoms with Crippen molar-refractivity contribution in [3.05, 3.63) is 76.5 Å².